The Hall–Kier alpha value is -0.120. The first-order valence-electron chi connectivity index (χ1n) is 11.0. The number of hydrogen-bond acceptors (Lipinski definition) is 3. The van der Waals surface area contributed by atoms with Crippen molar-refractivity contribution in [3.8, 4) is 0 Å². The maximum Gasteiger partial charge on any atom is 0.00778 e. The van der Waals surface area contributed by atoms with Crippen molar-refractivity contribution >= 4 is 0 Å². The third-order valence-corrected chi connectivity index (χ3v) is 6.00. The average molecular weight is 354 g/mol. The van der Waals surface area contributed by atoms with Gasteiger partial charge in [0.25, 0.3) is 0 Å². The highest BCUT2D eigenvalue weighted by molar-refractivity contribution is 4.94. The molecule has 1 fully saturated rings. The van der Waals surface area contributed by atoms with Crippen LogP contribution < -0.4 is 16.8 Å². The van der Waals surface area contributed by atoms with Crippen molar-refractivity contribution in [2.45, 2.75) is 110 Å². The molecule has 1 aliphatic rings. The van der Waals surface area contributed by atoms with Gasteiger partial charge in [0.05, 0.1) is 0 Å². The Labute approximate surface area is 158 Å². The number of hydrogen-bond donors (Lipinski definition) is 3. The molecule has 2 atom stereocenters. The minimum atomic E-state index is 0.323. The van der Waals surface area contributed by atoms with Crippen LogP contribution in [0.3, 0.4) is 0 Å². The highest BCUT2D eigenvalue weighted by atomic mass is 14.9. The van der Waals surface area contributed by atoms with E-state index >= 15 is 0 Å². The lowest BCUT2D eigenvalue weighted by molar-refractivity contribution is 0.0772. The Morgan fingerprint density at radius 2 is 1.28 bits per heavy atom. The lowest BCUT2D eigenvalue weighted by atomic mass is 9.62. The van der Waals surface area contributed by atoms with E-state index in [4.69, 9.17) is 11.5 Å². The predicted octanol–water partition coefficient (Wildman–Crippen LogP) is 4.98. The van der Waals surface area contributed by atoms with E-state index in [1.165, 1.54) is 90.0 Å². The summed E-state index contributed by atoms with van der Waals surface area (Å²) in [4.78, 5) is 0. The lowest BCUT2D eigenvalue weighted by Crippen LogP contribution is -2.47. The fourth-order valence-electron chi connectivity index (χ4n) is 4.92. The fourth-order valence-corrected chi connectivity index (χ4v) is 4.92. The van der Waals surface area contributed by atoms with Crippen LogP contribution in [0.15, 0.2) is 0 Å². The van der Waals surface area contributed by atoms with Crippen LogP contribution in [-0.4, -0.2) is 25.7 Å². The molecule has 1 saturated carbocycles. The molecule has 0 radical (unpaired) electrons. The molecule has 25 heavy (non-hydrogen) atoms. The SMILES string of the molecule is CC1(C)CC(NCCCCCCCCCCCCN)CC(C)(CN)C1. The van der Waals surface area contributed by atoms with Crippen molar-refractivity contribution in [2.75, 3.05) is 19.6 Å². The van der Waals surface area contributed by atoms with Crippen LogP contribution in [0.4, 0.5) is 0 Å². The van der Waals surface area contributed by atoms with Gasteiger partial charge in [0.15, 0.2) is 0 Å². The van der Waals surface area contributed by atoms with Gasteiger partial charge < -0.3 is 16.8 Å². The molecule has 1 aliphatic carbocycles. The van der Waals surface area contributed by atoms with Gasteiger partial charge in [0, 0.05) is 6.04 Å². The maximum absolute atomic E-state index is 6.06. The number of rotatable bonds is 14. The van der Waals surface area contributed by atoms with E-state index < -0.39 is 0 Å². The molecule has 0 saturated heterocycles. The van der Waals surface area contributed by atoms with Gasteiger partial charge in [-0.25, -0.2) is 0 Å². The zero-order chi connectivity index (χ0) is 18.6. The van der Waals surface area contributed by atoms with Gasteiger partial charge in [0.1, 0.15) is 0 Å². The molecular formula is C22H47N3. The van der Waals surface area contributed by atoms with Crippen LogP contribution in [0.5, 0.6) is 0 Å². The zero-order valence-corrected chi connectivity index (χ0v) is 17.5. The van der Waals surface area contributed by atoms with Crippen LogP contribution in [0.2, 0.25) is 0 Å². The monoisotopic (exact) mass is 353 g/mol. The standard InChI is InChI=1S/C22H47N3/c1-21(2)16-20(17-22(3,18-21)19-24)25-15-13-11-9-7-5-4-6-8-10-12-14-23/h20,25H,4-19,23-24H2,1-3H3. The summed E-state index contributed by atoms with van der Waals surface area (Å²) < 4.78 is 0. The first-order chi connectivity index (χ1) is 11.9. The van der Waals surface area contributed by atoms with Gasteiger partial charge in [-0.3, -0.25) is 0 Å². The summed E-state index contributed by atoms with van der Waals surface area (Å²) in [5, 5.41) is 3.83. The Balaban J connectivity index is 1.99. The van der Waals surface area contributed by atoms with E-state index in [1.54, 1.807) is 0 Å². The zero-order valence-electron chi connectivity index (χ0n) is 17.5. The second kappa shape index (κ2) is 12.3. The van der Waals surface area contributed by atoms with Crippen molar-refractivity contribution < 1.29 is 0 Å². The first kappa shape index (κ1) is 22.9. The van der Waals surface area contributed by atoms with E-state index in [1.807, 2.05) is 0 Å². The smallest absolute Gasteiger partial charge is 0.00778 e. The topological polar surface area (TPSA) is 64.1 Å². The molecular weight excluding hydrogens is 306 g/mol. The summed E-state index contributed by atoms with van der Waals surface area (Å²) in [6, 6.07) is 0.658. The van der Waals surface area contributed by atoms with E-state index in [2.05, 4.69) is 26.1 Å². The van der Waals surface area contributed by atoms with Gasteiger partial charge in [0.2, 0.25) is 0 Å². The highest BCUT2D eigenvalue weighted by Gasteiger charge is 2.40. The first-order valence-corrected chi connectivity index (χ1v) is 11.0. The summed E-state index contributed by atoms with van der Waals surface area (Å²) in [5.74, 6) is 0. The molecule has 2 unspecified atom stereocenters. The molecule has 0 aromatic carbocycles. The Kier molecular flexibility index (Phi) is 11.3. The second-order valence-corrected chi connectivity index (χ2v) is 9.74. The average Bonchev–Trinajstić information content (AvgIpc) is 2.54. The molecule has 0 aromatic heterocycles. The molecule has 3 nitrogen and oxygen atoms in total. The molecule has 0 aliphatic heterocycles. The van der Waals surface area contributed by atoms with E-state index in [-0.39, 0.29) is 0 Å². The lowest BCUT2D eigenvalue weighted by Gasteiger charge is -2.46. The molecule has 0 spiro atoms. The largest absolute Gasteiger partial charge is 0.330 e. The fraction of sp³-hybridized carbons (Fsp3) is 1.00. The Morgan fingerprint density at radius 3 is 1.80 bits per heavy atom. The van der Waals surface area contributed by atoms with Crippen molar-refractivity contribution in [2.24, 2.45) is 22.3 Å². The van der Waals surface area contributed by atoms with Crippen molar-refractivity contribution in [3.63, 3.8) is 0 Å². The van der Waals surface area contributed by atoms with Crippen LogP contribution in [0, 0.1) is 10.8 Å². The molecule has 0 heterocycles. The van der Waals surface area contributed by atoms with Gasteiger partial charge in [-0.05, 0) is 62.6 Å². The molecule has 0 bridgehead atoms. The molecule has 150 valence electrons. The Morgan fingerprint density at radius 1 is 0.760 bits per heavy atom. The third-order valence-electron chi connectivity index (χ3n) is 6.00. The summed E-state index contributed by atoms with van der Waals surface area (Å²) >= 11 is 0. The van der Waals surface area contributed by atoms with Gasteiger partial charge >= 0.3 is 0 Å². The highest BCUT2D eigenvalue weighted by Crippen LogP contribution is 2.45. The quantitative estimate of drug-likeness (QED) is 0.386. The number of nitrogens with two attached hydrogens (primary N) is 2. The normalized spacial score (nSPS) is 26.0. The van der Waals surface area contributed by atoms with E-state index in [0.29, 0.717) is 16.9 Å². The summed E-state index contributed by atoms with van der Waals surface area (Å²) in [6.45, 7) is 10.0. The van der Waals surface area contributed by atoms with Gasteiger partial charge in [-0.15, -0.1) is 0 Å². The Bertz CT molecular complexity index is 329. The van der Waals surface area contributed by atoms with Gasteiger partial charge in [-0.2, -0.15) is 0 Å². The summed E-state index contributed by atoms with van der Waals surface area (Å²) in [6.07, 6.45) is 17.5. The van der Waals surface area contributed by atoms with Gasteiger partial charge in [-0.1, -0.05) is 72.1 Å². The second-order valence-electron chi connectivity index (χ2n) is 9.74. The van der Waals surface area contributed by atoms with Crippen LogP contribution in [0.1, 0.15) is 104 Å². The van der Waals surface area contributed by atoms with Crippen molar-refractivity contribution in [3.05, 3.63) is 0 Å². The number of nitrogens with one attached hydrogen (secondary N) is 1. The van der Waals surface area contributed by atoms with Crippen molar-refractivity contribution in [1.29, 1.82) is 0 Å². The van der Waals surface area contributed by atoms with Crippen molar-refractivity contribution in [1.82, 2.24) is 5.32 Å². The predicted molar refractivity (Wildman–Crippen MR) is 112 cm³/mol. The van der Waals surface area contributed by atoms with Crippen LogP contribution in [-0.2, 0) is 0 Å². The third kappa shape index (κ3) is 10.6. The van der Waals surface area contributed by atoms with E-state index in [9.17, 15) is 0 Å². The van der Waals surface area contributed by atoms with E-state index in [0.717, 1.165) is 13.1 Å². The summed E-state index contributed by atoms with van der Waals surface area (Å²) in [5.41, 5.74) is 12.3. The minimum Gasteiger partial charge on any atom is -0.330 e. The minimum absolute atomic E-state index is 0.323. The van der Waals surface area contributed by atoms with Crippen LogP contribution in [0.25, 0.3) is 0 Å². The molecule has 3 heteroatoms. The molecule has 0 aromatic rings. The molecule has 5 N–H and O–H groups in total. The molecule has 1 rings (SSSR count). The summed E-state index contributed by atoms with van der Waals surface area (Å²) in [7, 11) is 0. The molecule has 0 amide bonds. The maximum atomic E-state index is 6.06. The van der Waals surface area contributed by atoms with Crippen LogP contribution >= 0.6 is 0 Å². The number of unbranched alkanes of at least 4 members (excludes halogenated alkanes) is 9.